The Bertz CT molecular complexity index is 1690. The Morgan fingerprint density at radius 1 is 1.11 bits per heavy atom. The predicted octanol–water partition coefficient (Wildman–Crippen LogP) is 1.30. The Morgan fingerprint density at radius 3 is 2.60 bits per heavy atom. The number of hydrogen-bond donors (Lipinski definition) is 3. The van der Waals surface area contributed by atoms with Crippen molar-refractivity contribution in [1.29, 1.82) is 0 Å². The highest BCUT2D eigenvalue weighted by Crippen LogP contribution is 2.33. The quantitative estimate of drug-likeness (QED) is 0.350. The van der Waals surface area contributed by atoms with Crippen LogP contribution in [-0.2, 0) is 13.2 Å². The van der Waals surface area contributed by atoms with E-state index in [0.29, 0.717) is 33.9 Å². The van der Waals surface area contributed by atoms with Gasteiger partial charge in [-0.2, -0.15) is 4.68 Å². The largest absolute Gasteiger partial charge is 0.411 e. The molecule has 0 aliphatic carbocycles. The Morgan fingerprint density at radius 2 is 1.89 bits per heavy atom. The van der Waals surface area contributed by atoms with Gasteiger partial charge in [0.05, 0.1) is 24.4 Å². The minimum Gasteiger partial charge on any atom is -0.390 e. The molecule has 4 heterocycles. The molecular weight excluding hydrogens is 453 g/mol. The lowest BCUT2D eigenvalue weighted by Crippen LogP contribution is -2.28. The molecular formula is C24H21FN7O3+. The number of nitrogen functional groups attached to an aromatic ring is 1. The SMILES string of the molecule is Cc1cc(-c2c(-c3ccccc3)[nH+]c(N)n3c(=O)n(Cc4ccc(F)c(=O)[nH]4)nc23)cc(CO)n1. The molecule has 176 valence electrons. The van der Waals surface area contributed by atoms with Crippen LogP contribution in [0.15, 0.2) is 64.2 Å². The van der Waals surface area contributed by atoms with Crippen LogP contribution < -0.4 is 22.0 Å². The van der Waals surface area contributed by atoms with E-state index in [9.17, 15) is 19.1 Å². The topological polar surface area (TPSA) is 145 Å². The van der Waals surface area contributed by atoms with E-state index >= 15 is 0 Å². The van der Waals surface area contributed by atoms with Crippen molar-refractivity contribution in [2.24, 2.45) is 0 Å². The molecule has 5 aromatic rings. The minimum absolute atomic E-state index is 0.0552. The zero-order valence-electron chi connectivity index (χ0n) is 18.6. The fourth-order valence-electron chi connectivity index (χ4n) is 4.06. The Hall–Kier alpha value is -4.64. The van der Waals surface area contributed by atoms with Crippen LogP contribution in [0.1, 0.15) is 17.1 Å². The van der Waals surface area contributed by atoms with E-state index < -0.39 is 17.1 Å². The Balaban J connectivity index is 1.81. The van der Waals surface area contributed by atoms with Crippen LogP contribution in [-0.4, -0.2) is 29.3 Å². The van der Waals surface area contributed by atoms with E-state index in [4.69, 9.17) is 5.73 Å². The molecule has 1 aromatic carbocycles. The predicted molar refractivity (Wildman–Crippen MR) is 126 cm³/mol. The standard InChI is InChI=1S/C24H20FN7O3/c1-13-9-15(10-17(12-33)27-13)19-20(14-5-3-2-4-6-14)29-23(26)32-21(19)30-31(24(32)35)11-16-7-8-18(25)22(34)28-16/h2-10,33H,11-12H2,1H3,(H2,26,29)(H,28,34)/p+1. The van der Waals surface area contributed by atoms with E-state index in [0.717, 1.165) is 16.3 Å². The van der Waals surface area contributed by atoms with Crippen molar-refractivity contribution in [3.63, 3.8) is 0 Å². The first-order valence-electron chi connectivity index (χ1n) is 10.7. The second-order valence-corrected chi connectivity index (χ2v) is 8.03. The number of benzene rings is 1. The van der Waals surface area contributed by atoms with Crippen LogP contribution in [0.4, 0.5) is 10.3 Å². The summed E-state index contributed by atoms with van der Waals surface area (Å²) in [5, 5.41) is 14.2. The van der Waals surface area contributed by atoms with Crippen LogP contribution in [0.25, 0.3) is 28.0 Å². The van der Waals surface area contributed by atoms with Gasteiger partial charge in [0.2, 0.25) is 5.65 Å². The fraction of sp³-hybridized carbons (Fsp3) is 0.125. The van der Waals surface area contributed by atoms with Gasteiger partial charge in [-0.3, -0.25) is 15.5 Å². The monoisotopic (exact) mass is 474 g/mol. The number of anilines is 1. The molecule has 0 radical (unpaired) electrons. The number of nitrogens with one attached hydrogen (secondary N) is 2. The molecule has 0 aliphatic rings. The van der Waals surface area contributed by atoms with Gasteiger partial charge in [-0.05, 0) is 36.8 Å². The number of aliphatic hydroxyl groups excluding tert-OH is 1. The summed E-state index contributed by atoms with van der Waals surface area (Å²) in [5.74, 6) is -0.864. The highest BCUT2D eigenvalue weighted by Gasteiger charge is 2.26. The first-order valence-corrected chi connectivity index (χ1v) is 10.7. The van der Waals surface area contributed by atoms with Gasteiger partial charge in [0.25, 0.3) is 5.56 Å². The number of nitrogens with zero attached hydrogens (tertiary/aromatic N) is 4. The molecule has 10 nitrogen and oxygen atoms in total. The molecule has 11 heteroatoms. The highest BCUT2D eigenvalue weighted by molar-refractivity contribution is 5.88. The van der Waals surface area contributed by atoms with Gasteiger partial charge in [-0.25, -0.2) is 14.2 Å². The second kappa shape index (κ2) is 8.61. The van der Waals surface area contributed by atoms with Crippen LogP contribution in [0.2, 0.25) is 0 Å². The molecule has 0 fully saturated rings. The molecule has 0 aliphatic heterocycles. The van der Waals surface area contributed by atoms with Crippen molar-refractivity contribution in [3.05, 3.63) is 98.3 Å². The molecule has 0 spiro atoms. The normalized spacial score (nSPS) is 11.3. The van der Waals surface area contributed by atoms with Crippen molar-refractivity contribution in [2.45, 2.75) is 20.1 Å². The van der Waals surface area contributed by atoms with E-state index in [1.807, 2.05) is 36.4 Å². The lowest BCUT2D eigenvalue weighted by molar-refractivity contribution is -0.351. The average Bonchev–Trinajstić information content (AvgIpc) is 3.17. The molecule has 5 N–H and O–H groups in total. The van der Waals surface area contributed by atoms with Gasteiger partial charge in [0, 0.05) is 17.0 Å². The Kier molecular flexibility index (Phi) is 5.46. The maximum atomic E-state index is 13.4. The molecule has 0 saturated heterocycles. The van der Waals surface area contributed by atoms with Crippen molar-refractivity contribution in [2.75, 3.05) is 5.73 Å². The maximum Gasteiger partial charge on any atom is 0.411 e. The summed E-state index contributed by atoms with van der Waals surface area (Å²) in [6.45, 7) is 1.44. The van der Waals surface area contributed by atoms with Crippen molar-refractivity contribution in [1.82, 2.24) is 24.1 Å². The van der Waals surface area contributed by atoms with E-state index in [1.54, 1.807) is 13.0 Å². The van der Waals surface area contributed by atoms with E-state index in [2.05, 4.69) is 20.1 Å². The third kappa shape index (κ3) is 3.97. The van der Waals surface area contributed by atoms with Gasteiger partial charge in [0.15, 0.2) is 5.82 Å². The van der Waals surface area contributed by atoms with Gasteiger partial charge in [0.1, 0.15) is 5.69 Å². The fourth-order valence-corrected chi connectivity index (χ4v) is 4.06. The molecule has 0 unspecified atom stereocenters. The third-order valence-corrected chi connectivity index (χ3v) is 5.57. The second-order valence-electron chi connectivity index (χ2n) is 8.03. The van der Waals surface area contributed by atoms with Crippen LogP contribution >= 0.6 is 0 Å². The van der Waals surface area contributed by atoms with Crippen LogP contribution in [0.3, 0.4) is 0 Å². The van der Waals surface area contributed by atoms with Gasteiger partial charge < -0.3 is 10.1 Å². The lowest BCUT2D eigenvalue weighted by atomic mass is 9.99. The smallest absolute Gasteiger partial charge is 0.390 e. The molecule has 0 saturated carbocycles. The molecule has 4 aromatic heterocycles. The van der Waals surface area contributed by atoms with Crippen LogP contribution in [0.5, 0.6) is 0 Å². The van der Waals surface area contributed by atoms with Crippen molar-refractivity contribution >= 4 is 11.6 Å². The summed E-state index contributed by atoms with van der Waals surface area (Å²) in [5.41, 5.74) is 9.22. The number of hydrogen-bond acceptors (Lipinski definition) is 6. The average molecular weight is 474 g/mol. The number of aliphatic hydroxyl groups is 1. The number of aryl methyl sites for hydroxylation is 1. The summed E-state index contributed by atoms with van der Waals surface area (Å²) in [7, 11) is 0. The van der Waals surface area contributed by atoms with Gasteiger partial charge in [-0.1, -0.05) is 30.3 Å². The number of fused-ring (bicyclic) bond motifs is 1. The lowest BCUT2D eigenvalue weighted by Gasteiger charge is -2.10. The van der Waals surface area contributed by atoms with Gasteiger partial charge in [-0.15, -0.1) is 9.50 Å². The molecule has 35 heavy (non-hydrogen) atoms. The van der Waals surface area contributed by atoms with E-state index in [-0.39, 0.29) is 24.7 Å². The molecule has 5 rings (SSSR count). The summed E-state index contributed by atoms with van der Waals surface area (Å²) in [6, 6.07) is 15.4. The van der Waals surface area contributed by atoms with Gasteiger partial charge >= 0.3 is 11.6 Å². The summed E-state index contributed by atoms with van der Waals surface area (Å²) in [4.78, 5) is 34.8. The molecule has 0 bridgehead atoms. The minimum atomic E-state index is -0.919. The highest BCUT2D eigenvalue weighted by atomic mass is 19.1. The summed E-state index contributed by atoms with van der Waals surface area (Å²) in [6.07, 6.45) is 0. The van der Waals surface area contributed by atoms with Crippen molar-refractivity contribution in [3.8, 4) is 22.4 Å². The molecule has 0 atom stereocenters. The number of aromatic nitrogens is 6. The zero-order valence-corrected chi connectivity index (χ0v) is 18.6. The van der Waals surface area contributed by atoms with E-state index in [1.165, 1.54) is 10.5 Å². The van der Waals surface area contributed by atoms with Crippen LogP contribution in [0, 0.1) is 12.7 Å². The van der Waals surface area contributed by atoms with Crippen molar-refractivity contribution < 1.29 is 14.5 Å². The summed E-state index contributed by atoms with van der Waals surface area (Å²) >= 11 is 0. The number of H-pyrrole nitrogens is 2. The third-order valence-electron chi connectivity index (χ3n) is 5.57. The number of halogens is 1. The zero-order chi connectivity index (χ0) is 24.7. The first kappa shape index (κ1) is 22.2. The number of aromatic amines is 2. The first-order chi connectivity index (χ1) is 16.9. The Labute approximate surface area is 197 Å². The maximum absolute atomic E-state index is 13.4. The molecule has 0 amide bonds. The summed E-state index contributed by atoms with van der Waals surface area (Å²) < 4.78 is 15.8. The number of rotatable bonds is 5. The number of pyridine rings is 2. The number of nitrogens with two attached hydrogens (primary N) is 1.